The molecule has 1 fully saturated rings. The highest BCUT2D eigenvalue weighted by Crippen LogP contribution is 2.40. The molecule has 1 saturated carbocycles. The molecule has 5 nitrogen and oxygen atoms in total. The van der Waals surface area contributed by atoms with Crippen LogP contribution >= 0.6 is 0 Å². The van der Waals surface area contributed by atoms with E-state index in [9.17, 15) is 9.18 Å². The molecule has 0 radical (unpaired) electrons. The molecule has 1 aliphatic carbocycles. The third-order valence-electron chi connectivity index (χ3n) is 6.40. The summed E-state index contributed by atoms with van der Waals surface area (Å²) >= 11 is 0. The number of halogens is 1. The number of amides is 1. The van der Waals surface area contributed by atoms with Crippen molar-refractivity contribution in [1.82, 2.24) is 4.90 Å². The van der Waals surface area contributed by atoms with Crippen molar-refractivity contribution in [2.24, 2.45) is 10.7 Å². The Hall–Kier alpha value is -3.15. The Morgan fingerprint density at radius 2 is 1.97 bits per heavy atom. The van der Waals surface area contributed by atoms with Crippen molar-refractivity contribution in [2.45, 2.75) is 43.7 Å². The van der Waals surface area contributed by atoms with Gasteiger partial charge < -0.3 is 11.1 Å². The second-order valence-corrected chi connectivity index (χ2v) is 8.34. The van der Waals surface area contributed by atoms with Crippen LogP contribution in [0, 0.1) is 5.82 Å². The van der Waals surface area contributed by atoms with E-state index in [0.717, 1.165) is 24.9 Å². The van der Waals surface area contributed by atoms with E-state index in [1.165, 1.54) is 23.6 Å². The number of hydrogen-bond acceptors (Lipinski definition) is 4. The van der Waals surface area contributed by atoms with Gasteiger partial charge in [-0.2, -0.15) is 0 Å². The molecule has 0 spiro atoms. The van der Waals surface area contributed by atoms with E-state index in [2.05, 4.69) is 41.2 Å². The van der Waals surface area contributed by atoms with Gasteiger partial charge in [0, 0.05) is 29.9 Å². The van der Waals surface area contributed by atoms with Gasteiger partial charge in [-0.15, -0.1) is 0 Å². The molecule has 2 aliphatic rings. The van der Waals surface area contributed by atoms with E-state index < -0.39 is 11.4 Å². The lowest BCUT2D eigenvalue weighted by Gasteiger charge is -2.35. The van der Waals surface area contributed by atoms with Gasteiger partial charge in [0.15, 0.2) is 5.96 Å². The molecule has 1 aliphatic heterocycles. The highest BCUT2D eigenvalue weighted by Gasteiger charge is 2.42. The zero-order valence-corrected chi connectivity index (χ0v) is 17.4. The number of nitrogens with zero attached hydrogens (tertiary/aromatic N) is 2. The molecule has 0 saturated heterocycles. The number of carbonyl (C=O) groups excluding carboxylic acids is 1. The van der Waals surface area contributed by atoms with Gasteiger partial charge in [-0.25, -0.2) is 9.38 Å². The van der Waals surface area contributed by atoms with Crippen molar-refractivity contribution in [1.29, 1.82) is 0 Å². The van der Waals surface area contributed by atoms with Crippen LogP contribution in [0.15, 0.2) is 65.7 Å². The van der Waals surface area contributed by atoms with E-state index in [4.69, 9.17) is 5.73 Å². The number of benzene rings is 2. The summed E-state index contributed by atoms with van der Waals surface area (Å²) in [6.45, 7) is 5.56. The highest BCUT2D eigenvalue weighted by atomic mass is 19.1. The third kappa shape index (κ3) is 3.47. The number of hydrogen-bond donors (Lipinski definition) is 2. The minimum atomic E-state index is -1.24. The first-order chi connectivity index (χ1) is 14.3. The number of anilines is 1. The zero-order chi connectivity index (χ0) is 21.5. The smallest absolute Gasteiger partial charge is 0.258 e. The first-order valence-corrected chi connectivity index (χ1v) is 10.2. The fraction of sp³-hybridized carbons (Fsp3) is 0.333. The molecular weight excluding hydrogens is 379 g/mol. The predicted molar refractivity (Wildman–Crippen MR) is 118 cm³/mol. The lowest BCUT2D eigenvalue weighted by molar-refractivity contribution is -0.123. The van der Waals surface area contributed by atoms with Crippen LogP contribution in [0.5, 0.6) is 0 Å². The Bertz CT molecular complexity index is 1020. The lowest BCUT2D eigenvalue weighted by atomic mass is 9.83. The maximum absolute atomic E-state index is 14.8. The van der Waals surface area contributed by atoms with Gasteiger partial charge in [0.2, 0.25) is 0 Å². The topological polar surface area (TPSA) is 70.7 Å². The van der Waals surface area contributed by atoms with Crippen molar-refractivity contribution < 1.29 is 9.18 Å². The Morgan fingerprint density at radius 3 is 2.70 bits per heavy atom. The quantitative estimate of drug-likeness (QED) is 0.750. The van der Waals surface area contributed by atoms with Gasteiger partial charge in [-0.3, -0.25) is 9.69 Å². The Balaban J connectivity index is 1.57. The number of guanidine groups is 1. The average molecular weight is 407 g/mol. The van der Waals surface area contributed by atoms with Crippen LogP contribution in [0.2, 0.25) is 0 Å². The Labute approximate surface area is 176 Å². The monoisotopic (exact) mass is 406 g/mol. The predicted octanol–water partition coefficient (Wildman–Crippen LogP) is 4.13. The normalized spacial score (nSPS) is 26.6. The van der Waals surface area contributed by atoms with Gasteiger partial charge in [0.25, 0.3) is 5.91 Å². The number of likely N-dealkylation sites (N-methyl/N-ethyl adjacent to an activating group) is 1. The number of aliphatic imine (C=N–C) groups is 1. The molecular formula is C24H27FN4O. The molecule has 1 amide bonds. The van der Waals surface area contributed by atoms with E-state index in [1.807, 2.05) is 6.07 Å². The molecule has 2 unspecified atom stereocenters. The van der Waals surface area contributed by atoms with Crippen molar-refractivity contribution in [3.05, 3.63) is 77.6 Å². The molecule has 2 aromatic carbocycles. The summed E-state index contributed by atoms with van der Waals surface area (Å²) in [5.41, 5.74) is 7.32. The fourth-order valence-corrected chi connectivity index (χ4v) is 4.47. The Morgan fingerprint density at radius 1 is 1.23 bits per heavy atom. The standard InChI is InChI=1S/C24H27FN4O/c1-15-22(30)29(3)23(26)28-24(15,2)20-14-19(11-12-21(20)25)27-18-10-9-17(13-18)16-7-5-4-6-8-16/h4-8,11-12,14,17-18,27H,1,9-10,13H2,2-3H3,(H2,26,28)/t17?,18?,24-/m0/s1. The summed E-state index contributed by atoms with van der Waals surface area (Å²) in [6, 6.07) is 15.7. The van der Waals surface area contributed by atoms with Crippen molar-refractivity contribution in [2.75, 3.05) is 12.4 Å². The SMILES string of the molecule is C=C1C(=O)N(C)C(N)=N[C@]1(C)c1cc(NC2CCC(c3ccccc3)C2)ccc1F. The molecule has 4 rings (SSSR count). The maximum atomic E-state index is 14.8. The van der Waals surface area contributed by atoms with Gasteiger partial charge in [-0.1, -0.05) is 36.9 Å². The largest absolute Gasteiger partial charge is 0.382 e. The fourth-order valence-electron chi connectivity index (χ4n) is 4.47. The minimum absolute atomic E-state index is 0.0501. The third-order valence-corrected chi connectivity index (χ3v) is 6.40. The lowest BCUT2D eigenvalue weighted by Crippen LogP contribution is -2.49. The van der Waals surface area contributed by atoms with Crippen LogP contribution in [-0.2, 0) is 10.3 Å². The van der Waals surface area contributed by atoms with E-state index in [1.54, 1.807) is 19.1 Å². The summed E-state index contributed by atoms with van der Waals surface area (Å²) in [5, 5.41) is 3.54. The molecule has 156 valence electrons. The minimum Gasteiger partial charge on any atom is -0.382 e. The summed E-state index contributed by atoms with van der Waals surface area (Å²) in [5.74, 6) is -0.220. The van der Waals surface area contributed by atoms with Gasteiger partial charge in [0.05, 0.1) is 0 Å². The van der Waals surface area contributed by atoms with Crippen LogP contribution in [0.1, 0.15) is 43.2 Å². The summed E-state index contributed by atoms with van der Waals surface area (Å²) in [6.07, 6.45) is 3.19. The van der Waals surface area contributed by atoms with Crippen molar-refractivity contribution >= 4 is 17.6 Å². The van der Waals surface area contributed by atoms with Crippen LogP contribution in [0.4, 0.5) is 10.1 Å². The van der Waals surface area contributed by atoms with E-state index >= 15 is 0 Å². The van der Waals surface area contributed by atoms with Crippen LogP contribution < -0.4 is 11.1 Å². The molecule has 3 atom stereocenters. The van der Waals surface area contributed by atoms with E-state index in [-0.39, 0.29) is 17.4 Å². The molecule has 6 heteroatoms. The van der Waals surface area contributed by atoms with Crippen LogP contribution in [-0.4, -0.2) is 29.9 Å². The molecule has 1 heterocycles. The number of nitrogens with two attached hydrogens (primary N) is 1. The number of carbonyl (C=O) groups is 1. The van der Waals surface area contributed by atoms with Crippen molar-refractivity contribution in [3.8, 4) is 0 Å². The van der Waals surface area contributed by atoms with Gasteiger partial charge in [0.1, 0.15) is 11.4 Å². The highest BCUT2D eigenvalue weighted by molar-refractivity contribution is 6.08. The first-order valence-electron chi connectivity index (χ1n) is 10.2. The Kier molecular flexibility index (Phi) is 5.10. The first kappa shape index (κ1) is 20.1. The number of rotatable bonds is 4. The summed E-state index contributed by atoms with van der Waals surface area (Å²) < 4.78 is 14.8. The summed E-state index contributed by atoms with van der Waals surface area (Å²) in [7, 11) is 1.53. The van der Waals surface area contributed by atoms with Crippen LogP contribution in [0.25, 0.3) is 0 Å². The summed E-state index contributed by atoms with van der Waals surface area (Å²) in [4.78, 5) is 18.1. The maximum Gasteiger partial charge on any atom is 0.258 e. The van der Waals surface area contributed by atoms with Crippen molar-refractivity contribution in [3.63, 3.8) is 0 Å². The van der Waals surface area contributed by atoms with Crippen LogP contribution in [0.3, 0.4) is 0 Å². The molecule has 2 aromatic rings. The molecule has 3 N–H and O–H groups in total. The van der Waals surface area contributed by atoms with Gasteiger partial charge >= 0.3 is 0 Å². The van der Waals surface area contributed by atoms with E-state index in [0.29, 0.717) is 17.5 Å². The molecule has 0 aromatic heterocycles. The second kappa shape index (κ2) is 7.59. The second-order valence-electron chi connectivity index (χ2n) is 8.34. The average Bonchev–Trinajstić information content (AvgIpc) is 3.21. The zero-order valence-electron chi connectivity index (χ0n) is 17.4. The van der Waals surface area contributed by atoms with Gasteiger partial charge in [-0.05, 0) is 55.9 Å². The molecule has 30 heavy (non-hydrogen) atoms. The molecule has 0 bridgehead atoms. The number of nitrogens with one attached hydrogen (secondary N) is 1.